The van der Waals surface area contributed by atoms with Crippen LogP contribution in [0, 0.1) is 6.92 Å². The smallest absolute Gasteiger partial charge is 0.238 e. The Labute approximate surface area is 175 Å². The molecule has 1 N–H and O–H groups in total. The summed E-state index contributed by atoms with van der Waals surface area (Å²) in [6.07, 6.45) is 2.66. The second kappa shape index (κ2) is 8.84. The Morgan fingerprint density at radius 3 is 2.07 bits per heavy atom. The van der Waals surface area contributed by atoms with Crippen molar-refractivity contribution in [2.75, 3.05) is 5.32 Å². The van der Waals surface area contributed by atoms with Crippen molar-refractivity contribution in [3.05, 3.63) is 118 Å². The van der Waals surface area contributed by atoms with Gasteiger partial charge < -0.3 is 5.32 Å². The third-order valence-electron chi connectivity index (χ3n) is 4.81. The molecule has 0 aliphatic carbocycles. The average Bonchev–Trinajstić information content (AvgIpc) is 3.18. The highest BCUT2D eigenvalue weighted by Gasteiger charge is 2.23. The molecule has 0 atom stereocenters. The van der Waals surface area contributed by atoms with Crippen molar-refractivity contribution < 1.29 is 4.79 Å². The van der Waals surface area contributed by atoms with Gasteiger partial charge in [0.2, 0.25) is 5.91 Å². The first-order valence-electron chi connectivity index (χ1n) is 9.60. The molecule has 1 heterocycles. The number of amides is 1. The molecule has 0 radical (unpaired) electrons. The van der Waals surface area contributed by atoms with Gasteiger partial charge in [-0.3, -0.25) is 4.79 Å². The number of hydrogen-bond donors (Lipinski definition) is 1. The van der Waals surface area contributed by atoms with E-state index >= 15 is 0 Å². The van der Waals surface area contributed by atoms with Gasteiger partial charge in [-0.15, -0.1) is 11.3 Å². The van der Waals surface area contributed by atoms with Crippen LogP contribution < -0.4 is 5.32 Å². The Morgan fingerprint density at radius 1 is 0.897 bits per heavy atom. The molecule has 0 fully saturated rings. The van der Waals surface area contributed by atoms with Gasteiger partial charge in [0.25, 0.3) is 0 Å². The van der Waals surface area contributed by atoms with E-state index < -0.39 is 0 Å². The number of nitrogens with zero attached hydrogens (tertiary/aromatic N) is 1. The molecule has 0 aliphatic rings. The van der Waals surface area contributed by atoms with Crippen molar-refractivity contribution in [1.29, 1.82) is 0 Å². The zero-order chi connectivity index (χ0) is 20.1. The van der Waals surface area contributed by atoms with Crippen molar-refractivity contribution in [3.8, 4) is 0 Å². The maximum Gasteiger partial charge on any atom is 0.238 e. The Hall–Kier alpha value is -3.24. The molecule has 0 saturated heterocycles. The molecular formula is C25H22N2OS. The first-order chi connectivity index (χ1) is 14.2. The highest BCUT2D eigenvalue weighted by atomic mass is 32.1. The minimum atomic E-state index is -0.373. The summed E-state index contributed by atoms with van der Waals surface area (Å²) < 4.78 is 0. The molecule has 3 aromatic carbocycles. The number of aromatic nitrogens is 1. The largest absolute Gasteiger partial charge is 0.301 e. The number of rotatable bonds is 6. The van der Waals surface area contributed by atoms with Gasteiger partial charge in [0.1, 0.15) is 0 Å². The zero-order valence-corrected chi connectivity index (χ0v) is 17.0. The molecule has 144 valence electrons. The maximum absolute atomic E-state index is 13.2. The van der Waals surface area contributed by atoms with Crippen LogP contribution in [-0.4, -0.2) is 10.9 Å². The van der Waals surface area contributed by atoms with Crippen molar-refractivity contribution in [1.82, 2.24) is 4.98 Å². The third-order valence-corrected chi connectivity index (χ3v) is 5.72. The van der Waals surface area contributed by atoms with Crippen LogP contribution in [0.25, 0.3) is 0 Å². The van der Waals surface area contributed by atoms with E-state index in [0.717, 1.165) is 22.4 Å². The molecule has 4 rings (SSSR count). The Kier molecular flexibility index (Phi) is 5.82. The molecule has 0 bridgehead atoms. The number of nitrogens with one attached hydrogen (secondary N) is 1. The average molecular weight is 399 g/mol. The molecule has 29 heavy (non-hydrogen) atoms. The number of thiazole rings is 1. The molecule has 1 amide bonds. The van der Waals surface area contributed by atoms with Crippen LogP contribution in [0.5, 0.6) is 0 Å². The van der Waals surface area contributed by atoms with E-state index in [1.54, 1.807) is 0 Å². The molecular weight excluding hydrogens is 376 g/mol. The normalized spacial score (nSPS) is 10.8. The van der Waals surface area contributed by atoms with Gasteiger partial charge in [-0.2, -0.15) is 0 Å². The van der Waals surface area contributed by atoms with Crippen molar-refractivity contribution in [2.24, 2.45) is 0 Å². The molecule has 0 aliphatic heterocycles. The second-order valence-electron chi connectivity index (χ2n) is 7.04. The lowest BCUT2D eigenvalue weighted by molar-refractivity contribution is -0.116. The summed E-state index contributed by atoms with van der Waals surface area (Å²) in [5, 5.41) is 3.66. The lowest BCUT2D eigenvalue weighted by Gasteiger charge is -2.17. The maximum atomic E-state index is 13.2. The molecule has 0 saturated carbocycles. The van der Waals surface area contributed by atoms with Gasteiger partial charge in [0.15, 0.2) is 5.13 Å². The molecule has 1 aromatic heterocycles. The number of anilines is 1. The lowest BCUT2D eigenvalue weighted by atomic mass is 9.90. The summed E-state index contributed by atoms with van der Waals surface area (Å²) in [5.74, 6) is -0.444. The van der Waals surface area contributed by atoms with Gasteiger partial charge in [0, 0.05) is 17.5 Å². The molecule has 3 nitrogen and oxygen atoms in total. The summed E-state index contributed by atoms with van der Waals surface area (Å²) in [6.45, 7) is 2.08. The van der Waals surface area contributed by atoms with Crippen molar-refractivity contribution >= 4 is 22.4 Å². The first-order valence-corrected chi connectivity index (χ1v) is 10.4. The van der Waals surface area contributed by atoms with E-state index in [9.17, 15) is 4.79 Å². The highest BCUT2D eigenvalue weighted by molar-refractivity contribution is 7.15. The van der Waals surface area contributed by atoms with Gasteiger partial charge in [0.05, 0.1) is 5.92 Å². The fourth-order valence-electron chi connectivity index (χ4n) is 3.32. The van der Waals surface area contributed by atoms with E-state index in [1.165, 1.54) is 22.5 Å². The van der Waals surface area contributed by atoms with Gasteiger partial charge >= 0.3 is 0 Å². The number of carbonyl (C=O) groups excluding carboxylic acids is 1. The minimum Gasteiger partial charge on any atom is -0.301 e. The molecule has 0 unspecified atom stereocenters. The third kappa shape index (κ3) is 4.79. The van der Waals surface area contributed by atoms with Crippen LogP contribution in [0.15, 0.2) is 91.1 Å². The van der Waals surface area contributed by atoms with Crippen molar-refractivity contribution in [2.45, 2.75) is 19.3 Å². The van der Waals surface area contributed by atoms with Crippen LogP contribution in [0.1, 0.15) is 33.0 Å². The highest BCUT2D eigenvalue weighted by Crippen LogP contribution is 2.28. The number of hydrogen-bond acceptors (Lipinski definition) is 3. The number of benzene rings is 3. The van der Waals surface area contributed by atoms with Crippen LogP contribution >= 0.6 is 11.3 Å². The van der Waals surface area contributed by atoms with E-state index in [1.807, 2.05) is 66.9 Å². The SMILES string of the molecule is Cc1ccc(Cc2cnc(NC(=O)C(c3ccccc3)c3ccccc3)s2)cc1. The first kappa shape index (κ1) is 19.1. The fourth-order valence-corrected chi connectivity index (χ4v) is 4.17. The van der Waals surface area contributed by atoms with Crippen molar-refractivity contribution in [3.63, 3.8) is 0 Å². The topological polar surface area (TPSA) is 42.0 Å². The number of carbonyl (C=O) groups is 1. The van der Waals surface area contributed by atoms with E-state index in [4.69, 9.17) is 0 Å². The van der Waals surface area contributed by atoms with E-state index in [2.05, 4.69) is 41.5 Å². The summed E-state index contributed by atoms with van der Waals surface area (Å²) in [6, 6.07) is 28.2. The van der Waals surface area contributed by atoms with Gasteiger partial charge in [-0.05, 0) is 23.6 Å². The summed E-state index contributed by atoms with van der Waals surface area (Å²) in [4.78, 5) is 18.7. The van der Waals surface area contributed by atoms with E-state index in [-0.39, 0.29) is 11.8 Å². The number of aryl methyl sites for hydroxylation is 1. The summed E-state index contributed by atoms with van der Waals surface area (Å²) >= 11 is 1.52. The summed E-state index contributed by atoms with van der Waals surface area (Å²) in [7, 11) is 0. The van der Waals surface area contributed by atoms with Crippen LogP contribution in [-0.2, 0) is 11.2 Å². The predicted molar refractivity (Wildman–Crippen MR) is 119 cm³/mol. The fraction of sp³-hybridized carbons (Fsp3) is 0.120. The Morgan fingerprint density at radius 2 is 1.48 bits per heavy atom. The zero-order valence-electron chi connectivity index (χ0n) is 16.2. The van der Waals surface area contributed by atoms with Crippen LogP contribution in [0.3, 0.4) is 0 Å². The van der Waals surface area contributed by atoms with Gasteiger partial charge in [-0.25, -0.2) is 4.98 Å². The summed E-state index contributed by atoms with van der Waals surface area (Å²) in [5.41, 5.74) is 4.42. The van der Waals surface area contributed by atoms with Gasteiger partial charge in [-0.1, -0.05) is 90.5 Å². The van der Waals surface area contributed by atoms with Crippen LogP contribution in [0.2, 0.25) is 0 Å². The quantitative estimate of drug-likeness (QED) is 0.445. The molecule has 4 heteroatoms. The Bertz CT molecular complexity index is 1030. The predicted octanol–water partition coefficient (Wildman–Crippen LogP) is 5.81. The molecule has 0 spiro atoms. The Balaban J connectivity index is 1.52. The lowest BCUT2D eigenvalue weighted by Crippen LogP contribution is -2.22. The van der Waals surface area contributed by atoms with E-state index in [0.29, 0.717) is 5.13 Å². The molecule has 4 aromatic rings. The monoisotopic (exact) mass is 398 g/mol. The minimum absolute atomic E-state index is 0.0707. The second-order valence-corrected chi connectivity index (χ2v) is 8.15. The standard InChI is InChI=1S/C25H22N2OS/c1-18-12-14-19(15-13-18)16-22-17-26-25(29-22)27-24(28)23(20-8-4-2-5-9-20)21-10-6-3-7-11-21/h2-15,17,23H,16H2,1H3,(H,26,27,28). The van der Waals surface area contributed by atoms with Crippen LogP contribution in [0.4, 0.5) is 5.13 Å².